The number of hydrogen-bond acceptors (Lipinski definition) is 2. The van der Waals surface area contributed by atoms with Crippen molar-refractivity contribution in [3.63, 3.8) is 0 Å². The van der Waals surface area contributed by atoms with Crippen LogP contribution in [-0.2, 0) is 11.3 Å². The summed E-state index contributed by atoms with van der Waals surface area (Å²) in [5.74, 6) is -0.201. The van der Waals surface area contributed by atoms with E-state index in [1.54, 1.807) is 19.2 Å². The van der Waals surface area contributed by atoms with Crippen molar-refractivity contribution in [2.45, 2.75) is 6.42 Å². The highest BCUT2D eigenvalue weighted by Crippen LogP contribution is 2.02. The summed E-state index contributed by atoms with van der Waals surface area (Å²) in [5.41, 5.74) is 3.65. The van der Waals surface area contributed by atoms with Crippen molar-refractivity contribution in [2.24, 2.45) is 0 Å². The Balaban J connectivity index is 2.37. The van der Waals surface area contributed by atoms with Gasteiger partial charge in [-0.1, -0.05) is 12.1 Å². The first kappa shape index (κ1) is 9.16. The van der Waals surface area contributed by atoms with Gasteiger partial charge in [-0.3, -0.25) is 0 Å². The third-order valence-electron chi connectivity index (χ3n) is 1.55. The number of rotatable bonds is 4. The van der Waals surface area contributed by atoms with Gasteiger partial charge in [0.2, 0.25) is 0 Å². The largest absolute Gasteiger partial charge is 0.302 e. The molecule has 0 amide bonds. The summed E-state index contributed by atoms with van der Waals surface area (Å²) in [5, 5.41) is 0. The fourth-order valence-corrected chi connectivity index (χ4v) is 0.922. The summed E-state index contributed by atoms with van der Waals surface area (Å²) >= 11 is 0. The first-order valence-electron chi connectivity index (χ1n) is 3.86. The summed E-state index contributed by atoms with van der Waals surface area (Å²) < 4.78 is 12.4. The molecule has 2 nitrogen and oxygen atoms in total. The quantitative estimate of drug-likeness (QED) is 0.545. The molecule has 1 aromatic carbocycles. The number of hydroxylamine groups is 1. The number of halogens is 1. The molecule has 1 aromatic rings. The number of benzene rings is 1. The molecule has 0 fully saturated rings. The molecule has 0 aliphatic heterocycles. The normalized spacial score (nSPS) is 10.2. The van der Waals surface area contributed by atoms with E-state index in [1.165, 1.54) is 12.1 Å². The molecule has 0 unspecified atom stereocenters. The predicted molar refractivity (Wildman–Crippen MR) is 45.1 cm³/mol. The van der Waals surface area contributed by atoms with Crippen LogP contribution in [0.5, 0.6) is 0 Å². The van der Waals surface area contributed by atoms with E-state index in [4.69, 9.17) is 4.84 Å². The van der Waals surface area contributed by atoms with E-state index in [0.29, 0.717) is 6.61 Å². The Morgan fingerprint density at radius 2 is 2.00 bits per heavy atom. The highest BCUT2D eigenvalue weighted by Gasteiger charge is 1.93. The average Bonchev–Trinajstić information content (AvgIpc) is 2.09. The van der Waals surface area contributed by atoms with Gasteiger partial charge < -0.3 is 4.84 Å². The molecule has 0 atom stereocenters. The van der Waals surface area contributed by atoms with Crippen LogP contribution in [0.25, 0.3) is 0 Å². The van der Waals surface area contributed by atoms with Gasteiger partial charge in [0.05, 0.1) is 6.61 Å². The molecule has 0 radical (unpaired) electrons. The van der Waals surface area contributed by atoms with Crippen LogP contribution < -0.4 is 5.48 Å². The van der Waals surface area contributed by atoms with Gasteiger partial charge in [-0.05, 0) is 24.1 Å². The van der Waals surface area contributed by atoms with E-state index in [9.17, 15) is 4.39 Å². The molecule has 0 heterocycles. The monoisotopic (exact) mass is 169 g/mol. The third kappa shape index (κ3) is 2.98. The molecule has 1 rings (SSSR count). The lowest BCUT2D eigenvalue weighted by molar-refractivity contribution is 0.0603. The van der Waals surface area contributed by atoms with E-state index in [1.807, 2.05) is 0 Å². The first-order valence-corrected chi connectivity index (χ1v) is 3.86. The molecular weight excluding hydrogens is 157 g/mol. The summed E-state index contributed by atoms with van der Waals surface area (Å²) in [6, 6.07) is 6.42. The summed E-state index contributed by atoms with van der Waals surface area (Å²) in [6.07, 6.45) is 0.793. The number of nitrogens with one attached hydrogen (secondary N) is 1. The second kappa shape index (κ2) is 4.85. The van der Waals surface area contributed by atoms with Gasteiger partial charge >= 0.3 is 0 Å². The lowest BCUT2D eigenvalue weighted by Gasteiger charge is -2.01. The molecule has 0 aliphatic carbocycles. The predicted octanol–water partition coefficient (Wildman–Crippen LogP) is 1.52. The van der Waals surface area contributed by atoms with Crippen molar-refractivity contribution in [3.05, 3.63) is 35.6 Å². The topological polar surface area (TPSA) is 21.3 Å². The zero-order chi connectivity index (χ0) is 8.81. The van der Waals surface area contributed by atoms with Crippen LogP contribution in [0.15, 0.2) is 24.3 Å². The lowest BCUT2D eigenvalue weighted by Crippen LogP contribution is -2.09. The van der Waals surface area contributed by atoms with Gasteiger partial charge in [-0.25, -0.2) is 9.87 Å². The van der Waals surface area contributed by atoms with Crippen LogP contribution in [0, 0.1) is 5.82 Å². The highest BCUT2D eigenvalue weighted by molar-refractivity contribution is 5.15. The van der Waals surface area contributed by atoms with Crippen molar-refractivity contribution >= 4 is 0 Å². The van der Waals surface area contributed by atoms with E-state index in [2.05, 4.69) is 5.48 Å². The molecule has 0 aliphatic rings. The first-order chi connectivity index (χ1) is 5.83. The van der Waals surface area contributed by atoms with Crippen LogP contribution in [0.1, 0.15) is 5.56 Å². The Morgan fingerprint density at radius 1 is 1.33 bits per heavy atom. The van der Waals surface area contributed by atoms with Gasteiger partial charge in [0.1, 0.15) is 5.82 Å². The van der Waals surface area contributed by atoms with Crippen LogP contribution in [0.4, 0.5) is 4.39 Å². The molecule has 12 heavy (non-hydrogen) atoms. The summed E-state index contributed by atoms with van der Waals surface area (Å²) in [6.45, 7) is 0.599. The van der Waals surface area contributed by atoms with Crippen molar-refractivity contribution < 1.29 is 9.23 Å². The molecule has 0 spiro atoms. The van der Waals surface area contributed by atoms with Gasteiger partial charge in [-0.2, -0.15) is 0 Å². The Bertz CT molecular complexity index is 222. The van der Waals surface area contributed by atoms with Crippen LogP contribution in [0.2, 0.25) is 0 Å². The second-order valence-corrected chi connectivity index (χ2v) is 2.43. The van der Waals surface area contributed by atoms with Gasteiger partial charge in [0.25, 0.3) is 0 Å². The Morgan fingerprint density at radius 3 is 2.58 bits per heavy atom. The molecule has 66 valence electrons. The average molecular weight is 169 g/mol. The maximum Gasteiger partial charge on any atom is 0.123 e. The minimum absolute atomic E-state index is 0.201. The third-order valence-corrected chi connectivity index (χ3v) is 1.55. The SMILES string of the molecule is CNOCCc1ccc(F)cc1. The minimum Gasteiger partial charge on any atom is -0.302 e. The van der Waals surface area contributed by atoms with Gasteiger partial charge in [0.15, 0.2) is 0 Å². The van der Waals surface area contributed by atoms with Gasteiger partial charge in [-0.15, -0.1) is 0 Å². The zero-order valence-electron chi connectivity index (χ0n) is 7.01. The molecule has 0 aromatic heterocycles. The zero-order valence-corrected chi connectivity index (χ0v) is 7.01. The Hall–Kier alpha value is -0.930. The maximum atomic E-state index is 12.4. The van der Waals surface area contributed by atoms with E-state index >= 15 is 0 Å². The van der Waals surface area contributed by atoms with E-state index in [0.717, 1.165) is 12.0 Å². The van der Waals surface area contributed by atoms with E-state index < -0.39 is 0 Å². The molecule has 1 N–H and O–H groups in total. The molecule has 0 bridgehead atoms. The maximum absolute atomic E-state index is 12.4. The standard InChI is InChI=1S/C9H12FNO/c1-11-12-7-6-8-2-4-9(10)5-3-8/h2-5,11H,6-7H2,1H3. The highest BCUT2D eigenvalue weighted by atomic mass is 19.1. The smallest absolute Gasteiger partial charge is 0.123 e. The van der Waals surface area contributed by atoms with Crippen molar-refractivity contribution in [3.8, 4) is 0 Å². The lowest BCUT2D eigenvalue weighted by atomic mass is 10.2. The summed E-state index contributed by atoms with van der Waals surface area (Å²) in [4.78, 5) is 4.92. The fraction of sp³-hybridized carbons (Fsp3) is 0.333. The van der Waals surface area contributed by atoms with Crippen LogP contribution in [-0.4, -0.2) is 13.7 Å². The summed E-state index contributed by atoms with van der Waals surface area (Å²) in [7, 11) is 1.71. The second-order valence-electron chi connectivity index (χ2n) is 2.43. The minimum atomic E-state index is -0.201. The fourth-order valence-electron chi connectivity index (χ4n) is 0.922. The number of hydrogen-bond donors (Lipinski definition) is 1. The Labute approximate surface area is 71.3 Å². The van der Waals surface area contributed by atoms with Crippen LogP contribution >= 0.6 is 0 Å². The molecule has 3 heteroatoms. The van der Waals surface area contributed by atoms with Crippen molar-refractivity contribution in [1.29, 1.82) is 0 Å². The molecular formula is C9H12FNO. The van der Waals surface area contributed by atoms with Crippen molar-refractivity contribution in [1.82, 2.24) is 5.48 Å². The van der Waals surface area contributed by atoms with Gasteiger partial charge in [0, 0.05) is 7.05 Å². The van der Waals surface area contributed by atoms with Crippen molar-refractivity contribution in [2.75, 3.05) is 13.7 Å². The molecule has 0 saturated heterocycles. The van der Waals surface area contributed by atoms with E-state index in [-0.39, 0.29) is 5.82 Å². The van der Waals surface area contributed by atoms with Crippen LogP contribution in [0.3, 0.4) is 0 Å². The Kier molecular flexibility index (Phi) is 3.70. The molecule has 0 saturated carbocycles.